The summed E-state index contributed by atoms with van der Waals surface area (Å²) in [5, 5.41) is 16.2. The van der Waals surface area contributed by atoms with E-state index in [1.807, 2.05) is 0 Å². The molecule has 2 atom stereocenters. The van der Waals surface area contributed by atoms with Gasteiger partial charge >= 0.3 is 41.5 Å². The first-order valence-corrected chi connectivity index (χ1v) is 10.1. The molecule has 0 heterocycles. The van der Waals surface area contributed by atoms with Crippen LogP contribution in [0.1, 0.15) is 77.6 Å². The summed E-state index contributed by atoms with van der Waals surface area (Å²) in [5.74, 6) is -4.55. The fraction of sp³-hybridized carbons (Fsp3) is 0.875. The Hall–Kier alpha value is -0.150. The second-order valence-corrected chi connectivity index (χ2v) is 7.85. The molecule has 25 heavy (non-hydrogen) atoms. The Morgan fingerprint density at radius 3 is 1.68 bits per heavy atom. The quantitative estimate of drug-likeness (QED) is 0.223. The zero-order valence-corrected chi connectivity index (χ0v) is 15.1. The van der Waals surface area contributed by atoms with Crippen molar-refractivity contribution in [2.24, 2.45) is 5.92 Å². The topological polar surface area (TPSA) is 129 Å². The Balaban J connectivity index is 0. The van der Waals surface area contributed by atoms with E-state index in [0.717, 1.165) is 25.7 Å². The van der Waals surface area contributed by atoms with Gasteiger partial charge in [0.1, 0.15) is 5.25 Å². The third-order valence-electron chi connectivity index (χ3n) is 4.14. The predicted octanol–water partition coefficient (Wildman–Crippen LogP) is 2.69. The standard InChI is InChI=1S/C16H30O7S.Na.H/c1-2-3-4-5-6-7-8-9-10-11-14(24(21,22)23)13(16(19)20)12-15(17)18;;/h13-14H,2-12H2,1H3,(H,17,18)(H,19,20)(H,21,22,23);;. The van der Waals surface area contributed by atoms with Crippen molar-refractivity contribution >= 4 is 51.6 Å². The van der Waals surface area contributed by atoms with Crippen molar-refractivity contribution in [2.75, 3.05) is 0 Å². The van der Waals surface area contributed by atoms with E-state index in [1.165, 1.54) is 25.7 Å². The molecule has 0 saturated heterocycles. The van der Waals surface area contributed by atoms with Gasteiger partial charge in [-0.1, -0.05) is 64.7 Å². The monoisotopic (exact) mass is 390 g/mol. The summed E-state index contributed by atoms with van der Waals surface area (Å²) in [7, 11) is -4.61. The van der Waals surface area contributed by atoms with Crippen LogP contribution in [0.15, 0.2) is 0 Å². The van der Waals surface area contributed by atoms with Crippen LogP contribution in [0.4, 0.5) is 0 Å². The van der Waals surface area contributed by atoms with Gasteiger partial charge in [-0.3, -0.25) is 14.1 Å². The first kappa shape index (κ1) is 27.1. The molecule has 0 rings (SSSR count). The van der Waals surface area contributed by atoms with Gasteiger partial charge < -0.3 is 10.2 Å². The van der Waals surface area contributed by atoms with E-state index in [9.17, 15) is 22.6 Å². The van der Waals surface area contributed by atoms with Gasteiger partial charge in [0, 0.05) is 0 Å². The predicted molar refractivity (Wildman–Crippen MR) is 97.7 cm³/mol. The summed E-state index contributed by atoms with van der Waals surface area (Å²) in [6.07, 6.45) is 8.22. The molecule has 2 unspecified atom stereocenters. The molecule has 0 bridgehead atoms. The van der Waals surface area contributed by atoms with Crippen molar-refractivity contribution in [3.05, 3.63) is 0 Å². The number of aliphatic carboxylic acids is 2. The fourth-order valence-corrected chi connectivity index (χ4v) is 3.87. The third-order valence-corrected chi connectivity index (χ3v) is 5.46. The van der Waals surface area contributed by atoms with Crippen LogP contribution in [0.25, 0.3) is 0 Å². The van der Waals surface area contributed by atoms with Crippen LogP contribution >= 0.6 is 0 Å². The molecular weight excluding hydrogens is 359 g/mol. The van der Waals surface area contributed by atoms with Crippen molar-refractivity contribution in [3.63, 3.8) is 0 Å². The van der Waals surface area contributed by atoms with E-state index < -0.39 is 39.6 Å². The maximum atomic E-state index is 11.4. The van der Waals surface area contributed by atoms with E-state index in [0.29, 0.717) is 6.42 Å². The number of rotatable bonds is 15. The number of hydrogen-bond acceptors (Lipinski definition) is 4. The number of hydrogen-bond donors (Lipinski definition) is 3. The van der Waals surface area contributed by atoms with E-state index in [1.54, 1.807) is 0 Å². The van der Waals surface area contributed by atoms with Crippen molar-refractivity contribution in [2.45, 2.75) is 82.8 Å². The molecule has 144 valence electrons. The molecule has 0 fully saturated rings. The molecular formula is C16H31NaO7S. The van der Waals surface area contributed by atoms with Gasteiger partial charge in [0.15, 0.2) is 0 Å². The molecule has 0 saturated carbocycles. The van der Waals surface area contributed by atoms with Crippen molar-refractivity contribution in [1.82, 2.24) is 0 Å². The Kier molecular flexibility index (Phi) is 16.2. The average molecular weight is 390 g/mol. The van der Waals surface area contributed by atoms with Gasteiger partial charge in [-0.25, -0.2) is 0 Å². The molecule has 9 heteroatoms. The summed E-state index contributed by atoms with van der Waals surface area (Å²) in [6.45, 7) is 2.15. The minimum atomic E-state index is -4.61. The fourth-order valence-electron chi connectivity index (χ4n) is 2.78. The van der Waals surface area contributed by atoms with Crippen LogP contribution in [0.2, 0.25) is 0 Å². The minimum absolute atomic E-state index is 0. The third kappa shape index (κ3) is 13.7. The Morgan fingerprint density at radius 2 is 1.32 bits per heavy atom. The number of unbranched alkanes of at least 4 members (excludes halogenated alkanes) is 8. The normalized spacial score (nSPS) is 13.7. The average Bonchev–Trinajstić information content (AvgIpc) is 2.45. The van der Waals surface area contributed by atoms with Crippen LogP contribution in [0.3, 0.4) is 0 Å². The molecule has 0 aromatic carbocycles. The molecule has 0 aliphatic carbocycles. The molecule has 0 radical (unpaired) electrons. The zero-order valence-electron chi connectivity index (χ0n) is 14.3. The summed E-state index contributed by atoms with van der Waals surface area (Å²) in [4.78, 5) is 21.9. The van der Waals surface area contributed by atoms with E-state index >= 15 is 0 Å². The van der Waals surface area contributed by atoms with Crippen molar-refractivity contribution < 1.29 is 32.8 Å². The van der Waals surface area contributed by atoms with E-state index in [4.69, 9.17) is 10.2 Å². The van der Waals surface area contributed by atoms with Gasteiger partial charge in [0.05, 0.1) is 12.3 Å². The Bertz CT molecular complexity index is 479. The van der Waals surface area contributed by atoms with Crippen LogP contribution in [0, 0.1) is 5.92 Å². The van der Waals surface area contributed by atoms with Crippen LogP contribution in [0.5, 0.6) is 0 Å². The van der Waals surface area contributed by atoms with Gasteiger partial charge in [-0.2, -0.15) is 8.42 Å². The molecule has 0 aromatic rings. The van der Waals surface area contributed by atoms with Crippen LogP contribution < -0.4 is 0 Å². The second-order valence-electron chi connectivity index (χ2n) is 6.21. The Labute approximate surface area is 172 Å². The summed E-state index contributed by atoms with van der Waals surface area (Å²) < 4.78 is 32.1. The number of carboxylic acids is 2. The zero-order chi connectivity index (χ0) is 18.6. The molecule has 0 spiro atoms. The van der Waals surface area contributed by atoms with Gasteiger partial charge in [0.2, 0.25) is 0 Å². The Morgan fingerprint density at radius 1 is 0.880 bits per heavy atom. The molecule has 7 nitrogen and oxygen atoms in total. The van der Waals surface area contributed by atoms with Gasteiger partial charge in [-0.05, 0) is 6.42 Å². The van der Waals surface area contributed by atoms with E-state index in [-0.39, 0.29) is 36.0 Å². The van der Waals surface area contributed by atoms with Gasteiger partial charge in [-0.15, -0.1) is 0 Å². The molecule has 3 N–H and O–H groups in total. The number of carboxylic acid groups (broad SMARTS) is 2. The molecule has 0 amide bonds. The van der Waals surface area contributed by atoms with Crippen molar-refractivity contribution in [3.8, 4) is 0 Å². The van der Waals surface area contributed by atoms with E-state index in [2.05, 4.69) is 6.92 Å². The number of carbonyl (C=O) groups is 2. The van der Waals surface area contributed by atoms with Crippen LogP contribution in [-0.4, -0.2) is 69.9 Å². The molecule has 0 aliphatic rings. The van der Waals surface area contributed by atoms with Crippen molar-refractivity contribution in [1.29, 1.82) is 0 Å². The first-order chi connectivity index (χ1) is 11.2. The molecule has 0 aromatic heterocycles. The SMILES string of the molecule is CCCCCCCCCCCC(C(CC(=O)O)C(=O)O)S(=O)(=O)O.[NaH]. The summed E-state index contributed by atoms with van der Waals surface area (Å²) >= 11 is 0. The first-order valence-electron chi connectivity index (χ1n) is 8.61. The summed E-state index contributed by atoms with van der Waals surface area (Å²) in [5.41, 5.74) is 0. The maximum absolute atomic E-state index is 11.4. The summed E-state index contributed by atoms with van der Waals surface area (Å²) in [6, 6.07) is 0. The van der Waals surface area contributed by atoms with Crippen LogP contribution in [-0.2, 0) is 19.7 Å². The van der Waals surface area contributed by atoms with Gasteiger partial charge in [0.25, 0.3) is 10.1 Å². The second kappa shape index (κ2) is 15.0. The molecule has 0 aliphatic heterocycles.